The predicted octanol–water partition coefficient (Wildman–Crippen LogP) is 5.37. The highest BCUT2D eigenvalue weighted by atomic mass is 35.5. The minimum Gasteiger partial charge on any atom is -0.481 e. The molecular formula is C19H19ClO2. The van der Waals surface area contributed by atoms with Gasteiger partial charge in [-0.2, -0.15) is 0 Å². The van der Waals surface area contributed by atoms with Gasteiger partial charge in [0.2, 0.25) is 0 Å². The van der Waals surface area contributed by atoms with E-state index in [0.717, 1.165) is 47.4 Å². The maximum absolute atomic E-state index is 11.4. The second-order valence-electron chi connectivity index (χ2n) is 5.96. The summed E-state index contributed by atoms with van der Waals surface area (Å²) in [6.45, 7) is 0. The number of halogens is 1. The zero-order valence-electron chi connectivity index (χ0n) is 12.3. The van der Waals surface area contributed by atoms with Crippen LogP contribution in [0.5, 0.6) is 0 Å². The molecule has 2 unspecified atom stereocenters. The van der Waals surface area contributed by atoms with Crippen LogP contribution in [0.3, 0.4) is 0 Å². The van der Waals surface area contributed by atoms with Crippen LogP contribution in [-0.2, 0) is 4.79 Å². The maximum atomic E-state index is 11.4. The molecule has 0 amide bonds. The molecule has 2 atom stereocenters. The first-order valence-corrected chi connectivity index (χ1v) is 8.11. The van der Waals surface area contributed by atoms with Crippen LogP contribution in [0.4, 0.5) is 0 Å². The summed E-state index contributed by atoms with van der Waals surface area (Å²) in [6, 6.07) is 16.1. The molecular weight excluding hydrogens is 296 g/mol. The first kappa shape index (κ1) is 15.1. The Bertz CT molecular complexity index is 646. The summed E-state index contributed by atoms with van der Waals surface area (Å²) >= 11 is 5.92. The van der Waals surface area contributed by atoms with Crippen molar-refractivity contribution in [3.63, 3.8) is 0 Å². The van der Waals surface area contributed by atoms with E-state index in [9.17, 15) is 9.90 Å². The normalized spacial score (nSPS) is 21.5. The molecule has 0 aromatic heterocycles. The van der Waals surface area contributed by atoms with Crippen molar-refractivity contribution >= 4 is 17.6 Å². The van der Waals surface area contributed by atoms with E-state index >= 15 is 0 Å². The molecule has 0 saturated heterocycles. The number of carboxylic acids is 1. The third kappa shape index (κ3) is 3.17. The Labute approximate surface area is 135 Å². The van der Waals surface area contributed by atoms with Crippen LogP contribution in [0.1, 0.15) is 37.2 Å². The summed E-state index contributed by atoms with van der Waals surface area (Å²) in [7, 11) is 0. The van der Waals surface area contributed by atoms with Crippen LogP contribution in [0.25, 0.3) is 11.1 Å². The quantitative estimate of drug-likeness (QED) is 0.827. The molecule has 1 saturated carbocycles. The summed E-state index contributed by atoms with van der Waals surface area (Å²) < 4.78 is 0. The van der Waals surface area contributed by atoms with Crippen molar-refractivity contribution in [2.75, 3.05) is 0 Å². The van der Waals surface area contributed by atoms with E-state index in [0.29, 0.717) is 0 Å². The zero-order valence-corrected chi connectivity index (χ0v) is 13.1. The average molecular weight is 315 g/mol. The van der Waals surface area contributed by atoms with Gasteiger partial charge in [-0.1, -0.05) is 60.8 Å². The van der Waals surface area contributed by atoms with Gasteiger partial charge in [-0.15, -0.1) is 0 Å². The van der Waals surface area contributed by atoms with Gasteiger partial charge in [0.15, 0.2) is 0 Å². The molecule has 0 bridgehead atoms. The second kappa shape index (κ2) is 6.53. The molecule has 3 rings (SSSR count). The van der Waals surface area contributed by atoms with Crippen LogP contribution in [0, 0.1) is 5.92 Å². The van der Waals surface area contributed by atoms with E-state index in [1.54, 1.807) is 0 Å². The molecule has 2 nitrogen and oxygen atoms in total. The topological polar surface area (TPSA) is 37.3 Å². The molecule has 1 N–H and O–H groups in total. The van der Waals surface area contributed by atoms with Crippen molar-refractivity contribution in [1.29, 1.82) is 0 Å². The molecule has 0 aliphatic heterocycles. The van der Waals surface area contributed by atoms with E-state index in [2.05, 4.69) is 24.3 Å². The molecule has 0 spiro atoms. The fourth-order valence-corrected chi connectivity index (χ4v) is 3.52. The summed E-state index contributed by atoms with van der Waals surface area (Å²) in [5.41, 5.74) is 3.39. The predicted molar refractivity (Wildman–Crippen MR) is 89.2 cm³/mol. The molecule has 114 valence electrons. The fourth-order valence-electron chi connectivity index (χ4n) is 3.39. The van der Waals surface area contributed by atoms with Crippen molar-refractivity contribution in [3.8, 4) is 11.1 Å². The Morgan fingerprint density at radius 3 is 2.05 bits per heavy atom. The van der Waals surface area contributed by atoms with Crippen molar-refractivity contribution in [2.24, 2.45) is 5.92 Å². The van der Waals surface area contributed by atoms with Gasteiger partial charge >= 0.3 is 5.97 Å². The summed E-state index contributed by atoms with van der Waals surface area (Å²) in [5, 5.41) is 10.1. The number of carbonyl (C=O) groups is 1. The Hall–Kier alpha value is -1.80. The highest BCUT2D eigenvalue weighted by molar-refractivity contribution is 6.30. The Morgan fingerprint density at radius 2 is 1.45 bits per heavy atom. The SMILES string of the molecule is O=C(O)C1CCCCC1c1ccc(-c2ccc(Cl)cc2)cc1. The van der Waals surface area contributed by atoms with Gasteiger partial charge in [0, 0.05) is 5.02 Å². The molecule has 1 fully saturated rings. The standard InChI is InChI=1S/C19H19ClO2/c20-16-11-9-14(10-12-16)13-5-7-15(8-6-13)17-3-1-2-4-18(17)19(21)22/h5-12,17-18H,1-4H2,(H,21,22). The van der Waals surface area contributed by atoms with E-state index in [4.69, 9.17) is 11.6 Å². The van der Waals surface area contributed by atoms with Crippen molar-refractivity contribution < 1.29 is 9.90 Å². The molecule has 0 heterocycles. The Balaban J connectivity index is 1.84. The Kier molecular flexibility index (Phi) is 4.49. The van der Waals surface area contributed by atoms with Crippen LogP contribution in [-0.4, -0.2) is 11.1 Å². The highest BCUT2D eigenvalue weighted by Gasteiger charge is 2.31. The highest BCUT2D eigenvalue weighted by Crippen LogP contribution is 2.38. The number of aliphatic carboxylic acids is 1. The number of carboxylic acid groups (broad SMARTS) is 1. The van der Waals surface area contributed by atoms with Gasteiger partial charge in [-0.3, -0.25) is 4.79 Å². The maximum Gasteiger partial charge on any atom is 0.307 e. The Morgan fingerprint density at radius 1 is 0.909 bits per heavy atom. The van der Waals surface area contributed by atoms with E-state index in [1.807, 2.05) is 24.3 Å². The van der Waals surface area contributed by atoms with Gasteiger partial charge in [-0.25, -0.2) is 0 Å². The van der Waals surface area contributed by atoms with E-state index in [-0.39, 0.29) is 11.8 Å². The molecule has 2 aromatic rings. The number of hydrogen-bond donors (Lipinski definition) is 1. The minimum absolute atomic E-state index is 0.144. The summed E-state index contributed by atoms with van der Waals surface area (Å²) in [6.07, 6.45) is 3.90. The van der Waals surface area contributed by atoms with Gasteiger partial charge < -0.3 is 5.11 Å². The van der Waals surface area contributed by atoms with Gasteiger partial charge in [0.25, 0.3) is 0 Å². The smallest absolute Gasteiger partial charge is 0.307 e. The lowest BCUT2D eigenvalue weighted by atomic mass is 9.75. The molecule has 1 aliphatic rings. The third-order valence-corrected chi connectivity index (χ3v) is 4.85. The average Bonchev–Trinajstić information content (AvgIpc) is 2.56. The zero-order chi connectivity index (χ0) is 15.5. The van der Waals surface area contributed by atoms with Crippen molar-refractivity contribution in [3.05, 3.63) is 59.1 Å². The van der Waals surface area contributed by atoms with Crippen LogP contribution >= 0.6 is 11.6 Å². The molecule has 0 radical (unpaired) electrons. The first-order chi connectivity index (χ1) is 10.6. The lowest BCUT2D eigenvalue weighted by Gasteiger charge is -2.29. The second-order valence-corrected chi connectivity index (χ2v) is 6.40. The van der Waals surface area contributed by atoms with Gasteiger partial charge in [-0.05, 0) is 47.6 Å². The summed E-state index contributed by atoms with van der Waals surface area (Å²) in [5.74, 6) is -0.757. The molecule has 2 aromatic carbocycles. The third-order valence-electron chi connectivity index (χ3n) is 4.60. The largest absolute Gasteiger partial charge is 0.481 e. The lowest BCUT2D eigenvalue weighted by Crippen LogP contribution is -2.25. The van der Waals surface area contributed by atoms with Gasteiger partial charge in [0.1, 0.15) is 0 Å². The first-order valence-electron chi connectivity index (χ1n) is 7.74. The molecule has 22 heavy (non-hydrogen) atoms. The molecule has 1 aliphatic carbocycles. The summed E-state index contributed by atoms with van der Waals surface area (Å²) in [4.78, 5) is 11.4. The monoisotopic (exact) mass is 314 g/mol. The van der Waals surface area contributed by atoms with Crippen LogP contribution in [0.2, 0.25) is 5.02 Å². The number of hydrogen-bond acceptors (Lipinski definition) is 1. The van der Waals surface area contributed by atoms with E-state index in [1.165, 1.54) is 0 Å². The fraction of sp³-hybridized carbons (Fsp3) is 0.316. The number of benzene rings is 2. The van der Waals surface area contributed by atoms with Crippen molar-refractivity contribution in [1.82, 2.24) is 0 Å². The lowest BCUT2D eigenvalue weighted by molar-refractivity contribution is -0.143. The van der Waals surface area contributed by atoms with E-state index < -0.39 is 5.97 Å². The van der Waals surface area contributed by atoms with Crippen LogP contribution < -0.4 is 0 Å². The van der Waals surface area contributed by atoms with Gasteiger partial charge in [0.05, 0.1) is 5.92 Å². The number of rotatable bonds is 3. The van der Waals surface area contributed by atoms with Crippen molar-refractivity contribution in [2.45, 2.75) is 31.6 Å². The van der Waals surface area contributed by atoms with Crippen LogP contribution in [0.15, 0.2) is 48.5 Å². The minimum atomic E-state index is -0.661. The molecule has 3 heteroatoms.